The molecule has 4 nitrogen and oxygen atoms in total. The van der Waals surface area contributed by atoms with Crippen molar-refractivity contribution < 1.29 is 0 Å². The van der Waals surface area contributed by atoms with E-state index >= 15 is 0 Å². The molecular formula is C8H10N4. The van der Waals surface area contributed by atoms with Crippen molar-refractivity contribution in [3.63, 3.8) is 0 Å². The molecule has 3 rings (SSSR count). The lowest BCUT2D eigenvalue weighted by molar-refractivity contribution is 1.12. The fraction of sp³-hybridized carbons (Fsp3) is 0.500. The maximum absolute atomic E-state index is 4.49. The molecule has 1 aromatic rings. The van der Waals surface area contributed by atoms with Crippen molar-refractivity contribution in [1.82, 2.24) is 9.97 Å². The Morgan fingerprint density at radius 2 is 1.42 bits per heavy atom. The molecule has 0 unspecified atom stereocenters. The normalized spacial score (nSPS) is 19.7. The van der Waals surface area contributed by atoms with Gasteiger partial charge in [0, 0.05) is 26.2 Å². The van der Waals surface area contributed by atoms with Crippen LogP contribution in [0.5, 0.6) is 0 Å². The molecule has 0 N–H and O–H groups in total. The number of rotatable bonds is 2. The summed E-state index contributed by atoms with van der Waals surface area (Å²) in [6.07, 6.45) is 3.67. The zero-order chi connectivity index (χ0) is 7.97. The first-order valence-corrected chi connectivity index (χ1v) is 4.25. The molecule has 62 valence electrons. The highest BCUT2D eigenvalue weighted by Crippen LogP contribution is 2.23. The van der Waals surface area contributed by atoms with Gasteiger partial charge in [-0.05, 0) is 0 Å². The number of aromatic nitrogens is 2. The van der Waals surface area contributed by atoms with Gasteiger partial charge in [0.25, 0.3) is 0 Å². The summed E-state index contributed by atoms with van der Waals surface area (Å²) in [7, 11) is 0. The van der Waals surface area contributed by atoms with Crippen LogP contribution in [0, 0.1) is 0 Å². The molecular weight excluding hydrogens is 152 g/mol. The molecule has 1 aromatic heterocycles. The largest absolute Gasteiger partial charge is 0.352 e. The quantitative estimate of drug-likeness (QED) is 0.578. The van der Waals surface area contributed by atoms with Crippen molar-refractivity contribution in [3.05, 3.63) is 12.4 Å². The average Bonchev–Trinajstić information content (AvgIpc) is 2.98. The summed E-state index contributed by atoms with van der Waals surface area (Å²) in [6, 6.07) is 0. The first-order chi connectivity index (χ1) is 5.93. The lowest BCUT2D eigenvalue weighted by Gasteiger charge is -2.04. The Morgan fingerprint density at radius 1 is 0.917 bits per heavy atom. The summed E-state index contributed by atoms with van der Waals surface area (Å²) < 4.78 is 0. The van der Waals surface area contributed by atoms with Crippen LogP contribution in [0.25, 0.3) is 0 Å². The minimum Gasteiger partial charge on any atom is -0.352 e. The van der Waals surface area contributed by atoms with Crippen molar-refractivity contribution >= 4 is 11.6 Å². The van der Waals surface area contributed by atoms with Gasteiger partial charge in [0.1, 0.15) is 11.6 Å². The number of hydrogen-bond acceptors (Lipinski definition) is 4. The molecule has 0 amide bonds. The predicted octanol–water partition coefficient (Wildman–Crippen LogP) is 0.117. The standard InChI is InChI=1S/C8H10N4/c1-2-11(1)7-5-9-6-8(10-7)12-3-4-12/h5-6H,1-4H2. The molecule has 2 aliphatic heterocycles. The smallest absolute Gasteiger partial charge is 0.149 e. The number of anilines is 2. The topological polar surface area (TPSA) is 31.8 Å². The number of hydrogen-bond donors (Lipinski definition) is 0. The Morgan fingerprint density at radius 3 is 1.83 bits per heavy atom. The van der Waals surface area contributed by atoms with Crippen molar-refractivity contribution in [3.8, 4) is 0 Å². The van der Waals surface area contributed by atoms with E-state index in [1.165, 1.54) is 0 Å². The summed E-state index contributed by atoms with van der Waals surface area (Å²) in [4.78, 5) is 13.1. The third-order valence-electron chi connectivity index (χ3n) is 2.15. The van der Waals surface area contributed by atoms with E-state index in [2.05, 4.69) is 19.8 Å². The third kappa shape index (κ3) is 0.995. The second-order valence-corrected chi connectivity index (χ2v) is 3.21. The molecule has 2 fully saturated rings. The van der Waals surface area contributed by atoms with E-state index in [-0.39, 0.29) is 0 Å². The van der Waals surface area contributed by atoms with Gasteiger partial charge in [-0.1, -0.05) is 0 Å². The highest BCUT2D eigenvalue weighted by molar-refractivity contribution is 5.51. The van der Waals surface area contributed by atoms with Crippen LogP contribution in [0.4, 0.5) is 11.6 Å². The van der Waals surface area contributed by atoms with E-state index in [1.54, 1.807) is 0 Å². The fourth-order valence-electron chi connectivity index (χ4n) is 1.21. The average molecular weight is 162 g/mol. The van der Waals surface area contributed by atoms with Crippen LogP contribution in [-0.2, 0) is 0 Å². The zero-order valence-corrected chi connectivity index (χ0v) is 6.77. The molecule has 2 aliphatic rings. The van der Waals surface area contributed by atoms with E-state index in [0.717, 1.165) is 37.8 Å². The SMILES string of the molecule is c1ncc(N2CC2)nc1N1CC1. The summed E-state index contributed by atoms with van der Waals surface area (Å²) in [5.74, 6) is 2.05. The van der Waals surface area contributed by atoms with Crippen LogP contribution in [-0.4, -0.2) is 36.1 Å². The van der Waals surface area contributed by atoms with Gasteiger partial charge >= 0.3 is 0 Å². The number of nitrogens with zero attached hydrogens (tertiary/aromatic N) is 4. The summed E-state index contributed by atoms with van der Waals surface area (Å²) in [5, 5.41) is 0. The second-order valence-electron chi connectivity index (χ2n) is 3.21. The summed E-state index contributed by atoms with van der Waals surface area (Å²) in [6.45, 7) is 4.55. The highest BCUT2D eigenvalue weighted by atomic mass is 15.4. The summed E-state index contributed by atoms with van der Waals surface area (Å²) in [5.41, 5.74) is 0. The predicted molar refractivity (Wildman–Crippen MR) is 46.5 cm³/mol. The van der Waals surface area contributed by atoms with Gasteiger partial charge in [0.05, 0.1) is 12.4 Å². The third-order valence-corrected chi connectivity index (χ3v) is 2.15. The van der Waals surface area contributed by atoms with Gasteiger partial charge in [0.2, 0.25) is 0 Å². The molecule has 0 aromatic carbocycles. The Balaban J connectivity index is 1.93. The van der Waals surface area contributed by atoms with E-state index < -0.39 is 0 Å². The Kier molecular flexibility index (Phi) is 1.08. The molecule has 3 heterocycles. The molecule has 0 radical (unpaired) electrons. The van der Waals surface area contributed by atoms with Gasteiger partial charge in [-0.15, -0.1) is 0 Å². The first kappa shape index (κ1) is 6.22. The van der Waals surface area contributed by atoms with Crippen molar-refractivity contribution in [2.45, 2.75) is 0 Å². The lowest BCUT2D eigenvalue weighted by atomic mass is 10.6. The fourth-order valence-corrected chi connectivity index (χ4v) is 1.21. The summed E-state index contributed by atoms with van der Waals surface area (Å²) >= 11 is 0. The molecule has 0 bridgehead atoms. The Bertz CT molecular complexity index is 276. The maximum Gasteiger partial charge on any atom is 0.149 e. The van der Waals surface area contributed by atoms with Gasteiger partial charge in [-0.3, -0.25) is 4.98 Å². The van der Waals surface area contributed by atoms with Gasteiger partial charge in [0.15, 0.2) is 0 Å². The van der Waals surface area contributed by atoms with Crippen LogP contribution in [0.3, 0.4) is 0 Å². The van der Waals surface area contributed by atoms with Gasteiger partial charge in [-0.2, -0.15) is 0 Å². The maximum atomic E-state index is 4.49. The molecule has 0 saturated carbocycles. The van der Waals surface area contributed by atoms with Crippen molar-refractivity contribution in [2.24, 2.45) is 0 Å². The van der Waals surface area contributed by atoms with E-state index in [4.69, 9.17) is 0 Å². The monoisotopic (exact) mass is 162 g/mol. The van der Waals surface area contributed by atoms with Crippen LogP contribution >= 0.6 is 0 Å². The van der Waals surface area contributed by atoms with Crippen LogP contribution in [0.1, 0.15) is 0 Å². The zero-order valence-electron chi connectivity index (χ0n) is 6.77. The highest BCUT2D eigenvalue weighted by Gasteiger charge is 2.23. The van der Waals surface area contributed by atoms with Crippen molar-refractivity contribution in [1.29, 1.82) is 0 Å². The molecule has 12 heavy (non-hydrogen) atoms. The van der Waals surface area contributed by atoms with Gasteiger partial charge in [-0.25, -0.2) is 4.98 Å². The molecule has 4 heteroatoms. The van der Waals surface area contributed by atoms with Crippen LogP contribution in [0.2, 0.25) is 0 Å². The van der Waals surface area contributed by atoms with E-state index in [1.807, 2.05) is 12.4 Å². The molecule has 0 spiro atoms. The van der Waals surface area contributed by atoms with E-state index in [0.29, 0.717) is 0 Å². The Labute approximate surface area is 70.8 Å². The molecule has 0 atom stereocenters. The lowest BCUT2D eigenvalue weighted by Crippen LogP contribution is -2.00. The Hall–Kier alpha value is -1.32. The van der Waals surface area contributed by atoms with Crippen molar-refractivity contribution in [2.75, 3.05) is 36.0 Å². The minimum atomic E-state index is 1.03. The second kappa shape index (κ2) is 2.09. The molecule has 2 saturated heterocycles. The van der Waals surface area contributed by atoms with Crippen LogP contribution in [0.15, 0.2) is 12.4 Å². The first-order valence-electron chi connectivity index (χ1n) is 4.25. The van der Waals surface area contributed by atoms with Crippen LogP contribution < -0.4 is 9.80 Å². The minimum absolute atomic E-state index is 1.03. The van der Waals surface area contributed by atoms with Gasteiger partial charge < -0.3 is 9.80 Å². The van der Waals surface area contributed by atoms with E-state index in [9.17, 15) is 0 Å². The molecule has 0 aliphatic carbocycles.